The van der Waals surface area contributed by atoms with Crippen LogP contribution in [-0.4, -0.2) is 39.0 Å². The fourth-order valence-electron chi connectivity index (χ4n) is 4.22. The van der Waals surface area contributed by atoms with Gasteiger partial charge in [-0.2, -0.15) is 0 Å². The minimum absolute atomic E-state index is 0.381. The molecule has 1 aliphatic carbocycles. The van der Waals surface area contributed by atoms with Crippen molar-refractivity contribution in [3.05, 3.63) is 35.9 Å². The molecule has 1 saturated heterocycles. The van der Waals surface area contributed by atoms with Gasteiger partial charge < -0.3 is 19.7 Å². The maximum Gasteiger partial charge on any atom is 0.407 e. The van der Waals surface area contributed by atoms with E-state index in [0.29, 0.717) is 38.0 Å². The Kier molecular flexibility index (Phi) is 3.48. The van der Waals surface area contributed by atoms with Gasteiger partial charge >= 0.3 is 6.09 Å². The molecule has 3 atom stereocenters. The second-order valence-corrected chi connectivity index (χ2v) is 7.47. The highest BCUT2D eigenvalue weighted by Gasteiger charge is 2.52. The zero-order valence-electron chi connectivity index (χ0n) is 14.0. The van der Waals surface area contributed by atoms with Gasteiger partial charge in [-0.25, -0.2) is 14.6 Å². The number of benzene rings is 1. The lowest BCUT2D eigenvalue weighted by atomic mass is 9.66. The summed E-state index contributed by atoms with van der Waals surface area (Å²) in [6.07, 6.45) is 2.71. The Morgan fingerprint density at radius 2 is 2.40 bits per heavy atom. The molecule has 1 aliphatic heterocycles. The van der Waals surface area contributed by atoms with Gasteiger partial charge in [0.1, 0.15) is 5.60 Å². The zero-order chi connectivity index (χ0) is 17.7. The molecule has 2 N–H and O–H groups in total. The third-order valence-electron chi connectivity index (χ3n) is 5.53. The maximum absolute atomic E-state index is 11.5. The van der Waals surface area contributed by atoms with Crippen molar-refractivity contribution >= 4 is 22.8 Å². The van der Waals surface area contributed by atoms with Crippen molar-refractivity contribution in [1.82, 2.24) is 14.9 Å². The van der Waals surface area contributed by atoms with Crippen LogP contribution in [0.25, 0.3) is 15.9 Å². The van der Waals surface area contributed by atoms with E-state index < -0.39 is 17.1 Å². The number of aromatic nitrogens is 2. The van der Waals surface area contributed by atoms with Gasteiger partial charge in [-0.3, -0.25) is 0 Å². The van der Waals surface area contributed by atoms with Crippen LogP contribution in [0.3, 0.4) is 0 Å². The number of nitrogens with zero attached hydrogens (tertiary/aromatic N) is 3. The van der Waals surface area contributed by atoms with Crippen molar-refractivity contribution < 1.29 is 14.6 Å². The van der Waals surface area contributed by atoms with E-state index >= 15 is 0 Å². The number of imidazole rings is 1. The number of nitrogens with one attached hydrogen (secondary N) is 1. The molecule has 2 heterocycles. The van der Waals surface area contributed by atoms with E-state index in [-0.39, 0.29) is 6.09 Å². The first-order valence-corrected chi connectivity index (χ1v) is 8.40. The number of hydrogen-bond donors (Lipinski definition) is 2. The summed E-state index contributed by atoms with van der Waals surface area (Å²) in [5.41, 5.74) is 1.28. The number of hydrogen-bond acceptors (Lipinski definition) is 4. The maximum atomic E-state index is 11.5. The molecule has 0 bridgehead atoms. The number of rotatable bonds is 2. The first-order chi connectivity index (χ1) is 11.9. The number of alkyl carbamates (subject to hydrolysis) is 1. The number of amides is 1. The molecule has 1 spiro atoms. The predicted octanol–water partition coefficient (Wildman–Crippen LogP) is 2.62. The highest BCUT2D eigenvalue weighted by molar-refractivity contribution is 5.79. The Hall–Kier alpha value is -2.59. The Bertz CT molecular complexity index is 886. The van der Waals surface area contributed by atoms with E-state index in [4.69, 9.17) is 11.3 Å². The van der Waals surface area contributed by atoms with Crippen molar-refractivity contribution in [1.29, 1.82) is 0 Å². The summed E-state index contributed by atoms with van der Waals surface area (Å²) >= 11 is 0. The highest BCUT2D eigenvalue weighted by atomic mass is 16.6. The standard InChI is InChI=1S/C18H20N4O3/c1-17(8-18(6-5-15(17)23)9-20-16(24)25-18)10-22-11-21-13-4-3-12(19-2)7-14(13)22/h3-4,7,11,15,23H,5-6,8-10H2,1H3,(H,20,24)/t15-,17+,18+/m1/s1. The van der Waals surface area contributed by atoms with Crippen LogP contribution in [0.5, 0.6) is 0 Å². The first-order valence-electron chi connectivity index (χ1n) is 8.40. The Morgan fingerprint density at radius 1 is 1.56 bits per heavy atom. The second-order valence-electron chi connectivity index (χ2n) is 7.47. The average molecular weight is 340 g/mol. The van der Waals surface area contributed by atoms with E-state index in [1.807, 2.05) is 23.6 Å². The smallest absolute Gasteiger partial charge is 0.407 e. The monoisotopic (exact) mass is 340 g/mol. The molecule has 130 valence electrons. The molecule has 4 rings (SSSR count). The average Bonchev–Trinajstić information content (AvgIpc) is 3.15. The molecule has 25 heavy (non-hydrogen) atoms. The molecule has 7 heteroatoms. The number of carbonyl (C=O) groups excluding carboxylic acids is 1. The van der Waals surface area contributed by atoms with Gasteiger partial charge in [-0.1, -0.05) is 13.0 Å². The fourth-order valence-corrected chi connectivity index (χ4v) is 4.22. The van der Waals surface area contributed by atoms with Gasteiger partial charge in [-0.05, 0) is 31.4 Å². The normalized spacial score (nSPS) is 31.7. The van der Waals surface area contributed by atoms with Crippen LogP contribution in [0.2, 0.25) is 0 Å². The van der Waals surface area contributed by atoms with Gasteiger partial charge in [-0.15, -0.1) is 0 Å². The van der Waals surface area contributed by atoms with Crippen LogP contribution < -0.4 is 5.32 Å². The topological polar surface area (TPSA) is 80.7 Å². The summed E-state index contributed by atoms with van der Waals surface area (Å²) in [5, 5.41) is 13.4. The minimum Gasteiger partial charge on any atom is -0.441 e. The fraction of sp³-hybridized carbons (Fsp3) is 0.500. The molecule has 1 amide bonds. The molecule has 2 aliphatic rings. The van der Waals surface area contributed by atoms with E-state index in [1.54, 1.807) is 12.4 Å². The minimum atomic E-state index is -0.539. The lowest BCUT2D eigenvalue weighted by molar-refractivity contribution is -0.0946. The zero-order valence-corrected chi connectivity index (χ0v) is 14.0. The van der Waals surface area contributed by atoms with E-state index in [0.717, 1.165) is 11.0 Å². The molecular formula is C18H20N4O3. The quantitative estimate of drug-likeness (QED) is 0.824. The Morgan fingerprint density at radius 3 is 3.12 bits per heavy atom. The van der Waals surface area contributed by atoms with Crippen LogP contribution >= 0.6 is 0 Å². The van der Waals surface area contributed by atoms with E-state index in [2.05, 4.69) is 15.1 Å². The number of carbonyl (C=O) groups is 1. The molecule has 2 fully saturated rings. The van der Waals surface area contributed by atoms with Crippen molar-refractivity contribution in [3.8, 4) is 0 Å². The molecule has 1 aromatic carbocycles. The number of ether oxygens (including phenoxy) is 1. The van der Waals surface area contributed by atoms with Crippen LogP contribution in [0.1, 0.15) is 26.2 Å². The lowest BCUT2D eigenvalue weighted by Gasteiger charge is -2.46. The van der Waals surface area contributed by atoms with Crippen LogP contribution in [0.15, 0.2) is 24.5 Å². The molecule has 1 aromatic heterocycles. The molecular weight excluding hydrogens is 320 g/mol. The SMILES string of the molecule is [C-]#[N+]c1ccc2ncn(C[C@]3(C)C[C@@]4(CC[C@H]3O)CNC(=O)O4)c2c1. The molecule has 7 nitrogen and oxygen atoms in total. The van der Waals surface area contributed by atoms with Crippen LogP contribution in [0, 0.1) is 12.0 Å². The largest absolute Gasteiger partial charge is 0.441 e. The van der Waals surface area contributed by atoms with Gasteiger partial charge in [0.2, 0.25) is 0 Å². The van der Waals surface area contributed by atoms with Gasteiger partial charge in [0.25, 0.3) is 0 Å². The lowest BCUT2D eigenvalue weighted by Crippen LogP contribution is -2.51. The third kappa shape index (κ3) is 2.63. The summed E-state index contributed by atoms with van der Waals surface area (Å²) < 4.78 is 7.53. The molecule has 2 aromatic rings. The molecule has 0 radical (unpaired) electrons. The first kappa shape index (κ1) is 15.9. The molecule has 1 saturated carbocycles. The van der Waals surface area contributed by atoms with Crippen molar-refractivity contribution in [3.63, 3.8) is 0 Å². The van der Waals surface area contributed by atoms with Gasteiger partial charge in [0.05, 0.1) is 36.6 Å². The van der Waals surface area contributed by atoms with Crippen LogP contribution in [-0.2, 0) is 11.3 Å². The Labute approximate surface area is 145 Å². The Balaban J connectivity index is 1.66. The highest BCUT2D eigenvalue weighted by Crippen LogP contribution is 2.46. The molecule has 0 unspecified atom stereocenters. The number of aliphatic hydroxyl groups excluding tert-OH is 1. The van der Waals surface area contributed by atoms with Gasteiger partial charge in [0, 0.05) is 12.0 Å². The van der Waals surface area contributed by atoms with Gasteiger partial charge in [0.15, 0.2) is 5.69 Å². The van der Waals surface area contributed by atoms with E-state index in [9.17, 15) is 9.90 Å². The summed E-state index contributed by atoms with van der Waals surface area (Å²) in [5.74, 6) is 0. The van der Waals surface area contributed by atoms with Crippen molar-refractivity contribution in [2.75, 3.05) is 6.54 Å². The van der Waals surface area contributed by atoms with E-state index in [1.165, 1.54) is 0 Å². The number of fused-ring (bicyclic) bond motifs is 1. The van der Waals surface area contributed by atoms with Crippen molar-refractivity contribution in [2.45, 2.75) is 44.4 Å². The van der Waals surface area contributed by atoms with Crippen LogP contribution in [0.4, 0.5) is 10.5 Å². The predicted molar refractivity (Wildman–Crippen MR) is 91.2 cm³/mol. The summed E-state index contributed by atoms with van der Waals surface area (Å²) in [6, 6.07) is 5.41. The summed E-state index contributed by atoms with van der Waals surface area (Å²) in [7, 11) is 0. The third-order valence-corrected chi connectivity index (χ3v) is 5.53. The second kappa shape index (κ2) is 5.46. The summed E-state index contributed by atoms with van der Waals surface area (Å²) in [4.78, 5) is 19.4. The van der Waals surface area contributed by atoms with Crippen molar-refractivity contribution in [2.24, 2.45) is 5.41 Å². The summed E-state index contributed by atoms with van der Waals surface area (Å²) in [6.45, 7) is 10.3. The number of aliphatic hydroxyl groups is 1.